The maximum Gasteiger partial charge on any atom is 0.180 e. The van der Waals surface area contributed by atoms with E-state index in [9.17, 15) is 9.90 Å². The number of carbonyl (C=O) groups excluding carboxylic acids is 1. The Kier molecular flexibility index (Phi) is 6.51. The highest BCUT2D eigenvalue weighted by Crippen LogP contribution is 2.31. The molecule has 0 spiro atoms. The molecule has 6 nitrogen and oxygen atoms in total. The van der Waals surface area contributed by atoms with Crippen molar-refractivity contribution in [2.45, 2.75) is 78.6 Å². The van der Waals surface area contributed by atoms with Gasteiger partial charge in [0.1, 0.15) is 5.75 Å². The molecule has 2 N–H and O–H groups in total. The van der Waals surface area contributed by atoms with E-state index in [-0.39, 0.29) is 16.9 Å². The van der Waals surface area contributed by atoms with Crippen LogP contribution in [0.1, 0.15) is 86.3 Å². The van der Waals surface area contributed by atoms with Gasteiger partial charge in [0, 0.05) is 5.41 Å². The molecule has 0 saturated carbocycles. The number of aromatic amines is 1. The first-order chi connectivity index (χ1) is 12.3. The topological polar surface area (TPSA) is 91.8 Å². The van der Waals surface area contributed by atoms with E-state index in [1.165, 1.54) is 12.5 Å². The molecule has 0 aliphatic rings. The summed E-state index contributed by atoms with van der Waals surface area (Å²) in [4.78, 5) is 11.7. The molecule has 1 aromatic heterocycles. The summed E-state index contributed by atoms with van der Waals surface area (Å²) >= 11 is 0. The van der Waals surface area contributed by atoms with Crippen LogP contribution < -0.4 is 0 Å². The smallest absolute Gasteiger partial charge is 0.180 e. The lowest BCUT2D eigenvalue weighted by molar-refractivity contribution is 0.101. The lowest BCUT2D eigenvalue weighted by Crippen LogP contribution is -2.19. The van der Waals surface area contributed by atoms with Crippen LogP contribution in [0.3, 0.4) is 0 Å². The molecule has 142 valence electrons. The van der Waals surface area contributed by atoms with Crippen molar-refractivity contribution in [1.82, 2.24) is 20.6 Å². The fraction of sp³-hybridized carbons (Fsp3) is 0.600. The average molecular weight is 358 g/mol. The van der Waals surface area contributed by atoms with E-state index in [2.05, 4.69) is 41.4 Å². The fourth-order valence-electron chi connectivity index (χ4n) is 3.45. The van der Waals surface area contributed by atoms with Crippen LogP contribution in [-0.4, -0.2) is 31.5 Å². The molecule has 0 atom stereocenters. The van der Waals surface area contributed by atoms with E-state index in [0.29, 0.717) is 5.56 Å². The highest BCUT2D eigenvalue weighted by Gasteiger charge is 2.24. The number of rotatable bonds is 9. The number of Topliss-reactive ketones (excluding diaryl/α,β-unsaturated/α-hetero) is 1. The van der Waals surface area contributed by atoms with E-state index < -0.39 is 0 Å². The second-order valence-electron chi connectivity index (χ2n) is 7.63. The third kappa shape index (κ3) is 4.48. The first kappa shape index (κ1) is 20.1. The molecule has 6 heteroatoms. The van der Waals surface area contributed by atoms with E-state index >= 15 is 0 Å². The second kappa shape index (κ2) is 8.43. The molecule has 1 heterocycles. The van der Waals surface area contributed by atoms with Gasteiger partial charge in [0.25, 0.3) is 0 Å². The Morgan fingerprint density at radius 3 is 2.58 bits per heavy atom. The number of nitrogens with one attached hydrogen (secondary N) is 1. The van der Waals surface area contributed by atoms with E-state index in [4.69, 9.17) is 0 Å². The maximum absolute atomic E-state index is 11.7. The monoisotopic (exact) mass is 358 g/mol. The predicted octanol–water partition coefficient (Wildman–Crippen LogP) is 4.06. The summed E-state index contributed by atoms with van der Waals surface area (Å²) in [7, 11) is 0. The number of hydrogen-bond acceptors (Lipinski definition) is 5. The SMILES string of the molecule is CCc1cc(C(C)=O)c(O)c(C)c1CCCCCC(C)(C)c1nn[nH]n1. The number of aryl methyl sites for hydroxylation is 1. The summed E-state index contributed by atoms with van der Waals surface area (Å²) in [5.74, 6) is 0.810. The summed E-state index contributed by atoms with van der Waals surface area (Å²) in [6.45, 7) is 9.77. The van der Waals surface area contributed by atoms with Crippen LogP contribution in [-0.2, 0) is 18.3 Å². The number of H-pyrrole nitrogens is 1. The van der Waals surface area contributed by atoms with Crippen molar-refractivity contribution >= 4 is 5.78 Å². The number of phenolic OH excluding ortho intramolecular Hbond substituents is 1. The average Bonchev–Trinajstić information content (AvgIpc) is 3.13. The molecule has 26 heavy (non-hydrogen) atoms. The number of benzene rings is 1. The molecule has 0 radical (unpaired) electrons. The summed E-state index contributed by atoms with van der Waals surface area (Å²) < 4.78 is 0. The van der Waals surface area contributed by atoms with Gasteiger partial charge in [-0.05, 0) is 62.3 Å². The van der Waals surface area contributed by atoms with Crippen molar-refractivity contribution in [1.29, 1.82) is 0 Å². The fourth-order valence-corrected chi connectivity index (χ4v) is 3.45. The zero-order valence-corrected chi connectivity index (χ0v) is 16.5. The number of tetrazole rings is 1. The standard InChI is InChI=1S/C20H30N4O2/c1-6-15-12-17(14(3)25)18(26)13(2)16(15)10-8-7-9-11-20(4,5)19-21-23-24-22-19/h12,26H,6-11H2,1-5H3,(H,21,22,23,24). The number of nitrogens with zero attached hydrogens (tertiary/aromatic N) is 3. The van der Waals surface area contributed by atoms with Crippen molar-refractivity contribution in [3.05, 3.63) is 34.1 Å². The molecule has 0 saturated heterocycles. The molecule has 0 unspecified atom stereocenters. The van der Waals surface area contributed by atoms with E-state index in [0.717, 1.165) is 55.5 Å². The van der Waals surface area contributed by atoms with Crippen LogP contribution in [0, 0.1) is 6.92 Å². The van der Waals surface area contributed by atoms with Crippen LogP contribution in [0.5, 0.6) is 5.75 Å². The van der Waals surface area contributed by atoms with Gasteiger partial charge in [-0.2, -0.15) is 5.21 Å². The minimum atomic E-state index is -0.0875. The lowest BCUT2D eigenvalue weighted by Gasteiger charge is -2.20. The molecule has 1 aromatic carbocycles. The molecule has 2 rings (SSSR count). The number of unbranched alkanes of at least 4 members (excludes halogenated alkanes) is 2. The molecule has 0 aliphatic heterocycles. The molecular weight excluding hydrogens is 328 g/mol. The Hall–Kier alpha value is -2.24. The minimum absolute atomic E-state index is 0.0844. The number of aromatic hydroxyl groups is 1. The number of hydrogen-bond donors (Lipinski definition) is 2. The van der Waals surface area contributed by atoms with Crippen LogP contribution >= 0.6 is 0 Å². The highest BCUT2D eigenvalue weighted by atomic mass is 16.3. The normalized spacial score (nSPS) is 11.7. The number of carbonyl (C=O) groups is 1. The van der Waals surface area contributed by atoms with Crippen molar-refractivity contribution in [3.63, 3.8) is 0 Å². The van der Waals surface area contributed by atoms with Gasteiger partial charge in [-0.1, -0.05) is 38.8 Å². The van der Waals surface area contributed by atoms with Crippen LogP contribution in [0.2, 0.25) is 0 Å². The number of ketones is 1. The number of aromatic nitrogens is 4. The van der Waals surface area contributed by atoms with Crippen LogP contribution in [0.4, 0.5) is 0 Å². The Labute approximate surface area is 155 Å². The first-order valence-corrected chi connectivity index (χ1v) is 9.37. The Morgan fingerprint density at radius 1 is 1.27 bits per heavy atom. The Bertz CT molecular complexity index is 752. The second-order valence-corrected chi connectivity index (χ2v) is 7.63. The largest absolute Gasteiger partial charge is 0.507 e. The van der Waals surface area contributed by atoms with Crippen LogP contribution in [0.15, 0.2) is 6.07 Å². The zero-order chi connectivity index (χ0) is 19.3. The maximum atomic E-state index is 11.7. The van der Waals surface area contributed by atoms with Crippen molar-refractivity contribution in [2.24, 2.45) is 0 Å². The summed E-state index contributed by atoms with van der Waals surface area (Å²) in [6, 6.07) is 1.86. The zero-order valence-electron chi connectivity index (χ0n) is 16.5. The lowest BCUT2D eigenvalue weighted by atomic mass is 9.85. The van der Waals surface area contributed by atoms with Gasteiger partial charge >= 0.3 is 0 Å². The Balaban J connectivity index is 1.95. The molecule has 0 bridgehead atoms. The van der Waals surface area contributed by atoms with Crippen LogP contribution in [0.25, 0.3) is 0 Å². The van der Waals surface area contributed by atoms with Gasteiger partial charge in [0.2, 0.25) is 0 Å². The van der Waals surface area contributed by atoms with E-state index in [1.54, 1.807) is 0 Å². The predicted molar refractivity (Wildman–Crippen MR) is 102 cm³/mol. The quantitative estimate of drug-likeness (QED) is 0.521. The Morgan fingerprint density at radius 2 is 2.00 bits per heavy atom. The van der Waals surface area contributed by atoms with Crippen molar-refractivity contribution in [2.75, 3.05) is 0 Å². The third-order valence-corrected chi connectivity index (χ3v) is 5.21. The molecule has 2 aromatic rings. The van der Waals surface area contributed by atoms with Gasteiger partial charge in [0.05, 0.1) is 5.56 Å². The summed E-state index contributed by atoms with van der Waals surface area (Å²) in [5, 5.41) is 24.7. The van der Waals surface area contributed by atoms with Gasteiger partial charge in [-0.3, -0.25) is 4.79 Å². The summed E-state index contributed by atoms with van der Waals surface area (Å²) in [5.41, 5.74) is 3.55. The van der Waals surface area contributed by atoms with Gasteiger partial charge in [0.15, 0.2) is 11.6 Å². The number of phenols is 1. The molecule has 0 aliphatic carbocycles. The van der Waals surface area contributed by atoms with Gasteiger partial charge < -0.3 is 5.11 Å². The summed E-state index contributed by atoms with van der Waals surface area (Å²) in [6.07, 6.45) is 6.01. The molecule has 0 amide bonds. The first-order valence-electron chi connectivity index (χ1n) is 9.37. The van der Waals surface area contributed by atoms with Gasteiger partial charge in [-0.25, -0.2) is 0 Å². The molecule has 0 fully saturated rings. The highest BCUT2D eigenvalue weighted by molar-refractivity contribution is 5.97. The van der Waals surface area contributed by atoms with Gasteiger partial charge in [-0.15, -0.1) is 10.2 Å². The third-order valence-electron chi connectivity index (χ3n) is 5.21. The van der Waals surface area contributed by atoms with E-state index in [1.807, 2.05) is 13.0 Å². The van der Waals surface area contributed by atoms with Crippen molar-refractivity contribution < 1.29 is 9.90 Å². The molecular formula is C20H30N4O2. The minimum Gasteiger partial charge on any atom is -0.507 e. The van der Waals surface area contributed by atoms with Crippen molar-refractivity contribution in [3.8, 4) is 5.75 Å².